The van der Waals surface area contributed by atoms with E-state index in [1.807, 2.05) is 12.3 Å². The van der Waals surface area contributed by atoms with Crippen LogP contribution in [-0.4, -0.2) is 52.1 Å². The van der Waals surface area contributed by atoms with Gasteiger partial charge in [0.1, 0.15) is 5.82 Å². The predicted octanol–water partition coefficient (Wildman–Crippen LogP) is 2.95. The van der Waals surface area contributed by atoms with Gasteiger partial charge in [-0.3, -0.25) is 9.88 Å². The summed E-state index contributed by atoms with van der Waals surface area (Å²) in [7, 11) is 0. The number of pyridine rings is 1. The Kier molecular flexibility index (Phi) is 4.12. The van der Waals surface area contributed by atoms with E-state index in [1.54, 1.807) is 6.20 Å². The molecule has 0 radical (unpaired) electrons. The number of fused-ring (bicyclic) bond motifs is 1. The number of nitrogens with zero attached hydrogens (tertiary/aromatic N) is 5. The van der Waals surface area contributed by atoms with Crippen molar-refractivity contribution in [1.29, 1.82) is 0 Å². The van der Waals surface area contributed by atoms with Gasteiger partial charge in [0.15, 0.2) is 5.82 Å². The van der Waals surface area contributed by atoms with E-state index in [0.29, 0.717) is 5.92 Å². The molecular formula is C21H27N5. The third-order valence-corrected chi connectivity index (χ3v) is 5.93. The van der Waals surface area contributed by atoms with E-state index in [2.05, 4.69) is 27.8 Å². The molecular weight excluding hydrogens is 322 g/mol. The minimum absolute atomic E-state index is 0.673. The average Bonchev–Trinajstić information content (AvgIpc) is 3.43. The summed E-state index contributed by atoms with van der Waals surface area (Å²) < 4.78 is 0. The fourth-order valence-electron chi connectivity index (χ4n) is 4.53. The van der Waals surface area contributed by atoms with Gasteiger partial charge in [0.05, 0.1) is 0 Å². The Bertz CT molecular complexity index is 786. The summed E-state index contributed by atoms with van der Waals surface area (Å²) in [5, 5.41) is 0. The second-order valence-electron chi connectivity index (χ2n) is 8.17. The van der Waals surface area contributed by atoms with Crippen molar-refractivity contribution in [2.75, 3.05) is 31.1 Å². The molecule has 0 spiro atoms. The number of aromatic nitrogens is 3. The number of hydrogen-bond donors (Lipinski definition) is 0. The van der Waals surface area contributed by atoms with Gasteiger partial charge in [0.25, 0.3) is 0 Å². The van der Waals surface area contributed by atoms with Crippen molar-refractivity contribution in [3.63, 3.8) is 0 Å². The molecule has 2 aromatic rings. The zero-order chi connectivity index (χ0) is 17.5. The second-order valence-corrected chi connectivity index (χ2v) is 8.17. The maximum atomic E-state index is 5.06. The van der Waals surface area contributed by atoms with Gasteiger partial charge in [-0.05, 0) is 50.2 Å². The van der Waals surface area contributed by atoms with Crippen LogP contribution in [0.1, 0.15) is 37.4 Å². The molecule has 1 aliphatic heterocycles. The van der Waals surface area contributed by atoms with Gasteiger partial charge in [0.2, 0.25) is 0 Å². The summed E-state index contributed by atoms with van der Waals surface area (Å²) in [6, 6.07) is 4.87. The van der Waals surface area contributed by atoms with Crippen molar-refractivity contribution in [3.8, 4) is 11.4 Å². The van der Waals surface area contributed by atoms with Gasteiger partial charge in [0, 0.05) is 61.4 Å². The molecule has 2 fully saturated rings. The van der Waals surface area contributed by atoms with Crippen molar-refractivity contribution < 1.29 is 0 Å². The number of hydrogen-bond acceptors (Lipinski definition) is 5. The molecule has 5 rings (SSSR count). The maximum Gasteiger partial charge on any atom is 0.163 e. The fraction of sp³-hybridized carbons (Fsp3) is 0.571. The minimum atomic E-state index is 0.673. The highest BCUT2D eigenvalue weighted by molar-refractivity contribution is 5.61. The lowest BCUT2D eigenvalue weighted by atomic mass is 10.1. The Labute approximate surface area is 155 Å². The molecule has 1 saturated heterocycles. The Hall–Kier alpha value is -2.01. The molecule has 1 saturated carbocycles. The third-order valence-electron chi connectivity index (χ3n) is 5.93. The molecule has 3 heterocycles. The number of aryl methyl sites for hydroxylation is 1. The van der Waals surface area contributed by atoms with Gasteiger partial charge < -0.3 is 4.90 Å². The van der Waals surface area contributed by atoms with Crippen LogP contribution < -0.4 is 4.90 Å². The van der Waals surface area contributed by atoms with Gasteiger partial charge in [-0.25, -0.2) is 9.97 Å². The number of anilines is 1. The van der Waals surface area contributed by atoms with E-state index >= 15 is 0 Å². The smallest absolute Gasteiger partial charge is 0.163 e. The molecule has 0 aromatic carbocycles. The molecule has 3 aliphatic rings. The number of rotatable bonds is 3. The van der Waals surface area contributed by atoms with Crippen LogP contribution in [0.5, 0.6) is 0 Å². The molecule has 26 heavy (non-hydrogen) atoms. The molecule has 2 aromatic heterocycles. The van der Waals surface area contributed by atoms with E-state index < -0.39 is 0 Å². The molecule has 0 bridgehead atoms. The fourth-order valence-corrected chi connectivity index (χ4v) is 4.53. The SMILES string of the molecule is CC1CN(c2nc(-c3cccnc3)nc3c2CCC3)CCN(C2CC2)C1. The first-order valence-electron chi connectivity index (χ1n) is 10.1. The molecule has 136 valence electrons. The summed E-state index contributed by atoms with van der Waals surface area (Å²) in [5.74, 6) is 2.70. The van der Waals surface area contributed by atoms with E-state index in [-0.39, 0.29) is 0 Å². The molecule has 1 atom stereocenters. The lowest BCUT2D eigenvalue weighted by Crippen LogP contribution is -2.33. The van der Waals surface area contributed by atoms with Gasteiger partial charge in [-0.2, -0.15) is 0 Å². The standard InChI is InChI=1S/C21H27N5/c1-15-13-25(17-7-8-17)10-11-26(14-15)21-18-5-2-6-19(18)23-20(24-21)16-4-3-9-22-12-16/h3-4,9,12,15,17H,2,5-8,10-11,13-14H2,1H3. The van der Waals surface area contributed by atoms with E-state index in [9.17, 15) is 0 Å². The molecule has 5 nitrogen and oxygen atoms in total. The molecule has 1 unspecified atom stereocenters. The highest BCUT2D eigenvalue weighted by Crippen LogP contribution is 2.34. The molecule has 5 heteroatoms. The first-order chi connectivity index (χ1) is 12.8. The quantitative estimate of drug-likeness (QED) is 0.852. The zero-order valence-corrected chi connectivity index (χ0v) is 15.6. The van der Waals surface area contributed by atoms with E-state index in [1.165, 1.54) is 42.9 Å². The minimum Gasteiger partial charge on any atom is -0.355 e. The van der Waals surface area contributed by atoms with Crippen LogP contribution in [0.4, 0.5) is 5.82 Å². The van der Waals surface area contributed by atoms with Crippen LogP contribution in [0.25, 0.3) is 11.4 Å². The molecule has 0 amide bonds. The van der Waals surface area contributed by atoms with Crippen molar-refractivity contribution >= 4 is 5.82 Å². The monoisotopic (exact) mass is 349 g/mol. The van der Waals surface area contributed by atoms with Crippen LogP contribution in [0.15, 0.2) is 24.5 Å². The second kappa shape index (κ2) is 6.62. The van der Waals surface area contributed by atoms with Crippen LogP contribution >= 0.6 is 0 Å². The van der Waals surface area contributed by atoms with Crippen LogP contribution in [-0.2, 0) is 12.8 Å². The maximum absolute atomic E-state index is 5.06. The lowest BCUT2D eigenvalue weighted by molar-refractivity contribution is 0.255. The Morgan fingerprint density at radius 1 is 1.08 bits per heavy atom. The lowest BCUT2D eigenvalue weighted by Gasteiger charge is -2.26. The first kappa shape index (κ1) is 16.2. The van der Waals surface area contributed by atoms with Crippen molar-refractivity contribution in [2.24, 2.45) is 5.92 Å². The van der Waals surface area contributed by atoms with Crippen LogP contribution in [0.2, 0.25) is 0 Å². The van der Waals surface area contributed by atoms with Crippen molar-refractivity contribution in [3.05, 3.63) is 35.8 Å². The summed E-state index contributed by atoms with van der Waals surface area (Å²) in [4.78, 5) is 19.4. The largest absolute Gasteiger partial charge is 0.355 e. The first-order valence-corrected chi connectivity index (χ1v) is 10.1. The summed E-state index contributed by atoms with van der Waals surface area (Å²) in [6.07, 6.45) is 9.86. The summed E-state index contributed by atoms with van der Waals surface area (Å²) in [6.45, 7) is 6.95. The predicted molar refractivity (Wildman–Crippen MR) is 103 cm³/mol. The van der Waals surface area contributed by atoms with Gasteiger partial charge >= 0.3 is 0 Å². The highest BCUT2D eigenvalue weighted by Gasteiger charge is 2.33. The normalized spacial score (nSPS) is 23.7. The third kappa shape index (κ3) is 3.09. The van der Waals surface area contributed by atoms with Crippen LogP contribution in [0.3, 0.4) is 0 Å². The van der Waals surface area contributed by atoms with Gasteiger partial charge in [-0.15, -0.1) is 0 Å². The van der Waals surface area contributed by atoms with Gasteiger partial charge in [-0.1, -0.05) is 6.92 Å². The Morgan fingerprint density at radius 2 is 2.00 bits per heavy atom. The summed E-state index contributed by atoms with van der Waals surface area (Å²) >= 11 is 0. The average molecular weight is 349 g/mol. The van der Waals surface area contributed by atoms with E-state index in [4.69, 9.17) is 9.97 Å². The van der Waals surface area contributed by atoms with Crippen LogP contribution in [0, 0.1) is 5.92 Å². The topological polar surface area (TPSA) is 45.2 Å². The van der Waals surface area contributed by atoms with Crippen molar-refractivity contribution in [1.82, 2.24) is 19.9 Å². The Balaban J connectivity index is 1.50. The van der Waals surface area contributed by atoms with E-state index in [0.717, 1.165) is 49.9 Å². The van der Waals surface area contributed by atoms with Crippen molar-refractivity contribution in [2.45, 2.75) is 45.1 Å². The zero-order valence-electron chi connectivity index (χ0n) is 15.6. The highest BCUT2D eigenvalue weighted by atomic mass is 15.3. The Morgan fingerprint density at radius 3 is 2.81 bits per heavy atom. The summed E-state index contributed by atoms with van der Waals surface area (Å²) in [5.41, 5.74) is 3.67. The molecule has 2 aliphatic carbocycles. The molecule has 0 N–H and O–H groups in total.